The molecule has 0 aromatic heterocycles. The molecule has 0 amide bonds. The second-order valence-corrected chi connectivity index (χ2v) is 3.13. The van der Waals surface area contributed by atoms with Gasteiger partial charge < -0.3 is 5.11 Å². The van der Waals surface area contributed by atoms with Crippen molar-refractivity contribution in [1.29, 1.82) is 0 Å². The van der Waals surface area contributed by atoms with E-state index in [1.165, 1.54) is 0 Å². The Morgan fingerprint density at radius 2 is 2.00 bits per heavy atom. The summed E-state index contributed by atoms with van der Waals surface area (Å²) in [4.78, 5) is 0. The van der Waals surface area contributed by atoms with Gasteiger partial charge in [0, 0.05) is 0 Å². The molecule has 13 heavy (non-hydrogen) atoms. The molecule has 0 unspecified atom stereocenters. The van der Waals surface area contributed by atoms with Crippen molar-refractivity contribution in [3.8, 4) is 0 Å². The molecule has 1 N–H and O–H groups in total. The number of aliphatic hydroxyl groups is 1. The number of benzene rings is 1. The lowest BCUT2D eigenvalue weighted by atomic mass is 10.1. The Labute approximate surface area is 79.7 Å². The normalized spacial score (nSPS) is 13.4. The molecule has 0 spiro atoms. The predicted molar refractivity (Wildman–Crippen MR) is 56.4 cm³/mol. The summed E-state index contributed by atoms with van der Waals surface area (Å²) in [6.07, 6.45) is 5.35. The van der Waals surface area contributed by atoms with Gasteiger partial charge in [-0.25, -0.2) is 0 Å². The Balaban J connectivity index is 2.49. The largest absolute Gasteiger partial charge is 0.389 e. The molecular weight excluding hydrogens is 160 g/mol. The van der Waals surface area contributed by atoms with Gasteiger partial charge in [-0.2, -0.15) is 0 Å². The van der Waals surface area contributed by atoms with Gasteiger partial charge in [-0.1, -0.05) is 55.8 Å². The molecule has 0 saturated carbocycles. The quantitative estimate of drug-likeness (QED) is 0.748. The average molecular weight is 176 g/mol. The minimum absolute atomic E-state index is 0.301. The fraction of sp³-hybridized carbons (Fsp3) is 0.333. The Kier molecular flexibility index (Phi) is 4.27. The van der Waals surface area contributed by atoms with Gasteiger partial charge >= 0.3 is 0 Å². The first kappa shape index (κ1) is 10.0. The molecule has 0 radical (unpaired) electrons. The maximum Gasteiger partial charge on any atom is 0.0724 e. The van der Waals surface area contributed by atoms with Gasteiger partial charge in [-0.05, 0) is 12.0 Å². The summed E-state index contributed by atoms with van der Waals surface area (Å²) in [6.45, 7) is 2.07. The zero-order chi connectivity index (χ0) is 9.52. The molecule has 1 aromatic rings. The number of hydrogen-bond acceptors (Lipinski definition) is 1. The third-order valence-electron chi connectivity index (χ3n) is 1.89. The third kappa shape index (κ3) is 3.90. The highest BCUT2D eigenvalue weighted by Crippen LogP contribution is 2.04. The van der Waals surface area contributed by atoms with Crippen molar-refractivity contribution >= 4 is 6.08 Å². The summed E-state index contributed by atoms with van der Waals surface area (Å²) in [6, 6.07) is 10.0. The zero-order valence-electron chi connectivity index (χ0n) is 7.98. The van der Waals surface area contributed by atoms with Crippen LogP contribution in [0.25, 0.3) is 6.08 Å². The Morgan fingerprint density at radius 1 is 1.31 bits per heavy atom. The second kappa shape index (κ2) is 5.55. The SMILES string of the molecule is CCC[C@@H](O)/C=C/c1ccccc1. The molecule has 1 atom stereocenters. The van der Waals surface area contributed by atoms with Gasteiger partial charge in [0.1, 0.15) is 0 Å². The lowest BCUT2D eigenvalue weighted by Crippen LogP contribution is -1.99. The Hall–Kier alpha value is -1.08. The first-order valence-corrected chi connectivity index (χ1v) is 4.74. The topological polar surface area (TPSA) is 20.2 Å². The van der Waals surface area contributed by atoms with Crippen molar-refractivity contribution in [3.63, 3.8) is 0 Å². The fourth-order valence-corrected chi connectivity index (χ4v) is 1.18. The Bertz CT molecular complexity index is 251. The molecule has 1 nitrogen and oxygen atoms in total. The van der Waals surface area contributed by atoms with Gasteiger partial charge in [0.25, 0.3) is 0 Å². The highest BCUT2D eigenvalue weighted by Gasteiger charge is 1.94. The van der Waals surface area contributed by atoms with E-state index in [4.69, 9.17) is 0 Å². The van der Waals surface area contributed by atoms with Crippen molar-refractivity contribution in [2.75, 3.05) is 0 Å². The maximum absolute atomic E-state index is 9.42. The molecule has 0 aliphatic carbocycles. The second-order valence-electron chi connectivity index (χ2n) is 3.13. The Morgan fingerprint density at radius 3 is 2.62 bits per heavy atom. The zero-order valence-corrected chi connectivity index (χ0v) is 7.98. The summed E-state index contributed by atoms with van der Waals surface area (Å²) in [7, 11) is 0. The van der Waals surface area contributed by atoms with Crippen LogP contribution in [0.5, 0.6) is 0 Å². The molecule has 0 bridgehead atoms. The van der Waals surface area contributed by atoms with Gasteiger partial charge in [-0.15, -0.1) is 0 Å². The van der Waals surface area contributed by atoms with E-state index in [2.05, 4.69) is 6.92 Å². The highest BCUT2D eigenvalue weighted by molar-refractivity contribution is 5.49. The summed E-state index contributed by atoms with van der Waals surface area (Å²) < 4.78 is 0. The maximum atomic E-state index is 9.42. The molecule has 1 rings (SSSR count). The van der Waals surface area contributed by atoms with Gasteiger partial charge in [0.2, 0.25) is 0 Å². The van der Waals surface area contributed by atoms with E-state index in [-0.39, 0.29) is 6.10 Å². The average Bonchev–Trinajstić information content (AvgIpc) is 2.17. The minimum atomic E-state index is -0.301. The van der Waals surface area contributed by atoms with Crippen LogP contribution in [0.15, 0.2) is 36.4 Å². The predicted octanol–water partition coefficient (Wildman–Crippen LogP) is 2.86. The van der Waals surface area contributed by atoms with Gasteiger partial charge in [0.05, 0.1) is 6.10 Å². The summed E-state index contributed by atoms with van der Waals surface area (Å²) >= 11 is 0. The van der Waals surface area contributed by atoms with Crippen LogP contribution in [0.4, 0.5) is 0 Å². The van der Waals surface area contributed by atoms with Crippen LogP contribution < -0.4 is 0 Å². The highest BCUT2D eigenvalue weighted by atomic mass is 16.3. The van der Waals surface area contributed by atoms with Crippen LogP contribution >= 0.6 is 0 Å². The van der Waals surface area contributed by atoms with Crippen molar-refractivity contribution < 1.29 is 5.11 Å². The molecule has 0 heterocycles. The van der Waals surface area contributed by atoms with Crippen LogP contribution in [0.3, 0.4) is 0 Å². The smallest absolute Gasteiger partial charge is 0.0724 e. The van der Waals surface area contributed by atoms with Crippen molar-refractivity contribution in [2.45, 2.75) is 25.9 Å². The van der Waals surface area contributed by atoms with Crippen LogP contribution in [-0.2, 0) is 0 Å². The molecule has 1 heteroatoms. The van der Waals surface area contributed by atoms with Crippen LogP contribution in [0, 0.1) is 0 Å². The van der Waals surface area contributed by atoms with E-state index >= 15 is 0 Å². The lowest BCUT2D eigenvalue weighted by Gasteiger charge is -2.01. The number of aliphatic hydroxyl groups excluding tert-OH is 1. The van der Waals surface area contributed by atoms with E-state index in [1.54, 1.807) is 0 Å². The number of rotatable bonds is 4. The van der Waals surface area contributed by atoms with E-state index in [0.717, 1.165) is 18.4 Å². The standard InChI is InChI=1S/C12H16O/c1-2-6-12(13)10-9-11-7-4-3-5-8-11/h3-5,7-10,12-13H,2,6H2,1H3/b10-9+/t12-/m1/s1. The van der Waals surface area contributed by atoms with Gasteiger partial charge in [-0.3, -0.25) is 0 Å². The van der Waals surface area contributed by atoms with Crippen LogP contribution in [0.2, 0.25) is 0 Å². The summed E-state index contributed by atoms with van der Waals surface area (Å²) in [5.74, 6) is 0. The first-order chi connectivity index (χ1) is 6.33. The summed E-state index contributed by atoms with van der Waals surface area (Å²) in [5, 5.41) is 9.42. The van der Waals surface area contributed by atoms with E-state index in [9.17, 15) is 5.11 Å². The van der Waals surface area contributed by atoms with Crippen LogP contribution in [0.1, 0.15) is 25.3 Å². The number of hydrogen-bond donors (Lipinski definition) is 1. The fourth-order valence-electron chi connectivity index (χ4n) is 1.18. The van der Waals surface area contributed by atoms with E-state index < -0.39 is 0 Å². The van der Waals surface area contributed by atoms with Gasteiger partial charge in [0.15, 0.2) is 0 Å². The lowest BCUT2D eigenvalue weighted by molar-refractivity contribution is 0.212. The minimum Gasteiger partial charge on any atom is -0.389 e. The first-order valence-electron chi connectivity index (χ1n) is 4.74. The molecule has 70 valence electrons. The molecule has 0 aliphatic heterocycles. The van der Waals surface area contributed by atoms with Crippen molar-refractivity contribution in [2.24, 2.45) is 0 Å². The molecule has 0 aliphatic rings. The van der Waals surface area contributed by atoms with Crippen molar-refractivity contribution in [3.05, 3.63) is 42.0 Å². The molecule has 0 fully saturated rings. The van der Waals surface area contributed by atoms with Crippen molar-refractivity contribution in [1.82, 2.24) is 0 Å². The monoisotopic (exact) mass is 176 g/mol. The molecular formula is C12H16O. The van der Waals surface area contributed by atoms with Crippen LogP contribution in [-0.4, -0.2) is 11.2 Å². The molecule has 0 saturated heterocycles. The van der Waals surface area contributed by atoms with E-state index in [1.807, 2.05) is 42.5 Å². The third-order valence-corrected chi connectivity index (χ3v) is 1.89. The van der Waals surface area contributed by atoms with E-state index in [0.29, 0.717) is 0 Å². The molecule has 1 aromatic carbocycles. The summed E-state index contributed by atoms with van der Waals surface area (Å²) in [5.41, 5.74) is 1.14.